The van der Waals surface area contributed by atoms with Gasteiger partial charge in [-0.3, -0.25) is 9.44 Å². The Labute approximate surface area is 135 Å². The molecule has 0 saturated carbocycles. The van der Waals surface area contributed by atoms with Gasteiger partial charge >= 0.3 is 0 Å². The van der Waals surface area contributed by atoms with Crippen molar-refractivity contribution in [1.29, 1.82) is 0 Å². The fourth-order valence-electron chi connectivity index (χ4n) is 1.47. The van der Waals surface area contributed by atoms with Gasteiger partial charge in [-0.1, -0.05) is 0 Å². The predicted molar refractivity (Wildman–Crippen MR) is 87.7 cm³/mol. The van der Waals surface area contributed by atoms with Gasteiger partial charge in [-0.15, -0.1) is 11.3 Å². The molecule has 0 aliphatic heterocycles. The second-order valence-corrected chi connectivity index (χ2v) is 10.2. The fourth-order valence-corrected chi connectivity index (χ4v) is 5.10. The third-order valence-electron chi connectivity index (χ3n) is 2.25. The van der Waals surface area contributed by atoms with E-state index in [1.807, 2.05) is 0 Å². The summed E-state index contributed by atoms with van der Waals surface area (Å²) in [6.45, 7) is 0. The highest BCUT2D eigenvalue weighted by Gasteiger charge is 2.16. The minimum Gasteiger partial charge on any atom is -0.284 e. The van der Waals surface area contributed by atoms with E-state index in [9.17, 15) is 16.8 Å². The molecule has 0 radical (unpaired) electrons. The molecule has 0 aliphatic rings. The third kappa shape index (κ3) is 4.70. The van der Waals surface area contributed by atoms with Gasteiger partial charge in [0, 0.05) is 11.4 Å². The molecule has 1 heterocycles. The second-order valence-electron chi connectivity index (χ2n) is 4.12. The fraction of sp³-hybridized carbons (Fsp3) is 0.0909. The van der Waals surface area contributed by atoms with Crippen molar-refractivity contribution < 1.29 is 16.8 Å². The largest absolute Gasteiger partial charge is 0.284 e. The molecule has 2 aromatic rings. The van der Waals surface area contributed by atoms with E-state index in [4.69, 9.17) is 0 Å². The van der Waals surface area contributed by atoms with E-state index < -0.39 is 20.0 Å². The number of anilines is 2. The van der Waals surface area contributed by atoms with Crippen molar-refractivity contribution in [2.24, 2.45) is 0 Å². The molecule has 1 aromatic heterocycles. The maximum Gasteiger partial charge on any atom is 0.271 e. The standard InChI is InChI=1S/C11H11BrN2O4S3/c1-20(15,16)13-8-2-4-9(5-3-8)14-21(17,18)11-7-6-10(12)19-11/h2-7,13-14H,1H3. The summed E-state index contributed by atoms with van der Waals surface area (Å²) in [6.07, 6.45) is 1.04. The average molecular weight is 411 g/mol. The molecule has 0 unspecified atom stereocenters. The van der Waals surface area contributed by atoms with Gasteiger partial charge in [0.25, 0.3) is 10.0 Å². The molecule has 1 aromatic carbocycles. The number of nitrogens with one attached hydrogen (secondary N) is 2. The summed E-state index contributed by atoms with van der Waals surface area (Å²) in [5, 5.41) is 0. The Kier molecular flexibility index (Phi) is 4.61. The van der Waals surface area contributed by atoms with Crippen LogP contribution in [-0.4, -0.2) is 23.1 Å². The van der Waals surface area contributed by atoms with E-state index in [-0.39, 0.29) is 4.21 Å². The van der Waals surface area contributed by atoms with E-state index in [1.165, 1.54) is 30.3 Å². The minimum absolute atomic E-state index is 0.188. The minimum atomic E-state index is -3.64. The van der Waals surface area contributed by atoms with Gasteiger partial charge in [0.05, 0.1) is 10.0 Å². The molecule has 0 spiro atoms. The maximum atomic E-state index is 12.1. The molecule has 0 aliphatic carbocycles. The van der Waals surface area contributed by atoms with Gasteiger partial charge < -0.3 is 0 Å². The number of benzene rings is 1. The smallest absolute Gasteiger partial charge is 0.271 e. The summed E-state index contributed by atoms with van der Waals surface area (Å²) < 4.78 is 52.0. The van der Waals surface area contributed by atoms with Gasteiger partial charge in [0.15, 0.2) is 0 Å². The van der Waals surface area contributed by atoms with Crippen molar-refractivity contribution >= 4 is 58.7 Å². The first-order valence-corrected chi connectivity index (χ1v) is 10.5. The zero-order valence-electron chi connectivity index (χ0n) is 10.7. The lowest BCUT2D eigenvalue weighted by Gasteiger charge is -2.08. The lowest BCUT2D eigenvalue weighted by Crippen LogP contribution is -2.12. The van der Waals surface area contributed by atoms with E-state index in [1.54, 1.807) is 6.07 Å². The molecule has 0 fully saturated rings. The second kappa shape index (κ2) is 5.95. The first-order chi connectivity index (χ1) is 9.66. The summed E-state index contributed by atoms with van der Waals surface area (Å²) in [6, 6.07) is 9.06. The quantitative estimate of drug-likeness (QED) is 0.792. The van der Waals surface area contributed by atoms with E-state index >= 15 is 0 Å². The van der Waals surface area contributed by atoms with Crippen LogP contribution in [0.25, 0.3) is 0 Å². The zero-order chi connectivity index (χ0) is 15.7. The highest BCUT2D eigenvalue weighted by atomic mass is 79.9. The van der Waals surface area contributed by atoms with Crippen LogP contribution in [-0.2, 0) is 20.0 Å². The Morgan fingerprint density at radius 2 is 1.43 bits per heavy atom. The van der Waals surface area contributed by atoms with Crippen LogP contribution in [0.3, 0.4) is 0 Å². The van der Waals surface area contributed by atoms with Crippen LogP contribution in [0.1, 0.15) is 0 Å². The highest BCUT2D eigenvalue weighted by molar-refractivity contribution is 9.11. The highest BCUT2D eigenvalue weighted by Crippen LogP contribution is 2.27. The maximum absolute atomic E-state index is 12.1. The van der Waals surface area contributed by atoms with Gasteiger partial charge in [-0.2, -0.15) is 0 Å². The molecule has 0 amide bonds. The van der Waals surface area contributed by atoms with Crippen molar-refractivity contribution in [3.8, 4) is 0 Å². The normalized spacial score (nSPS) is 12.1. The number of rotatable bonds is 5. The lowest BCUT2D eigenvalue weighted by atomic mass is 10.3. The average Bonchev–Trinajstić information content (AvgIpc) is 2.77. The number of sulfonamides is 2. The van der Waals surface area contributed by atoms with Crippen LogP contribution in [0, 0.1) is 0 Å². The summed E-state index contributed by atoms with van der Waals surface area (Å²) in [5.74, 6) is 0. The van der Waals surface area contributed by atoms with Crippen molar-refractivity contribution in [3.63, 3.8) is 0 Å². The summed E-state index contributed by atoms with van der Waals surface area (Å²) >= 11 is 4.31. The summed E-state index contributed by atoms with van der Waals surface area (Å²) in [7, 11) is -7.00. The first-order valence-electron chi connectivity index (χ1n) is 5.52. The monoisotopic (exact) mass is 410 g/mol. The molecule has 21 heavy (non-hydrogen) atoms. The van der Waals surface area contributed by atoms with Crippen molar-refractivity contribution in [2.45, 2.75) is 4.21 Å². The van der Waals surface area contributed by atoms with Crippen LogP contribution < -0.4 is 9.44 Å². The van der Waals surface area contributed by atoms with Crippen LogP contribution >= 0.6 is 27.3 Å². The van der Waals surface area contributed by atoms with E-state index in [0.717, 1.165) is 21.4 Å². The Bertz CT molecular complexity index is 842. The van der Waals surface area contributed by atoms with Crippen LogP contribution in [0.2, 0.25) is 0 Å². The van der Waals surface area contributed by atoms with Gasteiger partial charge in [0.2, 0.25) is 10.0 Å². The number of thiophene rings is 1. The molecular weight excluding hydrogens is 400 g/mol. The topological polar surface area (TPSA) is 92.3 Å². The molecule has 2 rings (SSSR count). The van der Waals surface area contributed by atoms with Gasteiger partial charge in [0.1, 0.15) is 4.21 Å². The van der Waals surface area contributed by atoms with Crippen LogP contribution in [0.15, 0.2) is 44.4 Å². The molecule has 0 atom stereocenters. The first kappa shape index (κ1) is 16.3. The molecule has 0 bridgehead atoms. The van der Waals surface area contributed by atoms with Gasteiger partial charge in [-0.25, -0.2) is 16.8 Å². The Balaban J connectivity index is 2.17. The van der Waals surface area contributed by atoms with Crippen LogP contribution in [0.4, 0.5) is 11.4 Å². The zero-order valence-corrected chi connectivity index (χ0v) is 14.7. The number of hydrogen-bond donors (Lipinski definition) is 2. The third-order valence-corrected chi connectivity index (χ3v) is 6.36. The predicted octanol–water partition coefficient (Wildman–Crippen LogP) is 2.68. The number of hydrogen-bond acceptors (Lipinski definition) is 5. The van der Waals surface area contributed by atoms with Crippen molar-refractivity contribution in [1.82, 2.24) is 0 Å². The van der Waals surface area contributed by atoms with Crippen molar-refractivity contribution in [3.05, 3.63) is 40.2 Å². The van der Waals surface area contributed by atoms with Crippen molar-refractivity contribution in [2.75, 3.05) is 15.7 Å². The Hall–Kier alpha value is -1.10. The molecule has 114 valence electrons. The Morgan fingerprint density at radius 3 is 1.86 bits per heavy atom. The SMILES string of the molecule is CS(=O)(=O)Nc1ccc(NS(=O)(=O)c2ccc(Br)s2)cc1. The summed E-state index contributed by atoms with van der Waals surface area (Å²) in [5.41, 5.74) is 0.706. The lowest BCUT2D eigenvalue weighted by molar-refractivity contribution is 0.602. The molecule has 2 N–H and O–H groups in total. The molecule has 10 heteroatoms. The summed E-state index contributed by atoms with van der Waals surface area (Å²) in [4.78, 5) is 0. The Morgan fingerprint density at radius 1 is 0.905 bits per heavy atom. The molecule has 6 nitrogen and oxygen atoms in total. The van der Waals surface area contributed by atoms with E-state index in [0.29, 0.717) is 11.4 Å². The number of halogens is 1. The van der Waals surface area contributed by atoms with E-state index in [2.05, 4.69) is 25.4 Å². The molecular formula is C11H11BrN2O4S3. The molecule has 0 saturated heterocycles. The van der Waals surface area contributed by atoms with Crippen LogP contribution in [0.5, 0.6) is 0 Å². The van der Waals surface area contributed by atoms with Gasteiger partial charge in [-0.05, 0) is 52.3 Å².